The summed E-state index contributed by atoms with van der Waals surface area (Å²) in [6.45, 7) is 5.00. The molecule has 0 aromatic heterocycles. The molecule has 21 heavy (non-hydrogen) atoms. The highest BCUT2D eigenvalue weighted by Crippen LogP contribution is 2.23. The molecule has 1 atom stereocenters. The molecule has 0 saturated carbocycles. The molecule has 0 saturated heterocycles. The van der Waals surface area contributed by atoms with Crippen LogP contribution in [-0.4, -0.2) is 30.2 Å². The van der Waals surface area contributed by atoms with E-state index in [1.54, 1.807) is 0 Å². The molecule has 0 aliphatic heterocycles. The molecular weight excluding hydrogens is 280 g/mol. The van der Waals surface area contributed by atoms with Crippen LogP contribution in [0.3, 0.4) is 0 Å². The number of carbonyl (C=O) groups excluding carboxylic acids is 2. The Morgan fingerprint density at radius 3 is 2.52 bits per heavy atom. The normalized spacial score (nSPS) is 11.1. The average Bonchev–Trinajstić information content (AvgIpc) is 2.44. The van der Waals surface area contributed by atoms with Crippen LogP contribution in [0.5, 0.6) is 0 Å². The first-order chi connectivity index (χ1) is 9.86. The van der Waals surface area contributed by atoms with Gasteiger partial charge in [0.2, 0.25) is 6.10 Å². The van der Waals surface area contributed by atoms with Crippen molar-refractivity contribution in [3.8, 4) is 0 Å². The molecule has 0 radical (unpaired) electrons. The zero-order valence-corrected chi connectivity index (χ0v) is 11.5. The number of ether oxygens (including phenoxy) is 2. The van der Waals surface area contributed by atoms with Crippen LogP contribution in [0.4, 0.5) is 16.2 Å². The first-order valence-electron chi connectivity index (χ1n) is 5.81. The molecular formula is C13H14N2O6. The molecule has 0 heterocycles. The van der Waals surface area contributed by atoms with Crippen LogP contribution in [-0.2, 0) is 14.3 Å². The number of carbonyl (C=O) groups is 2. The van der Waals surface area contributed by atoms with E-state index in [4.69, 9.17) is 4.74 Å². The maximum absolute atomic E-state index is 11.7. The molecule has 0 aliphatic carbocycles. The van der Waals surface area contributed by atoms with Crippen molar-refractivity contribution < 1.29 is 24.0 Å². The number of hydrogen-bond donors (Lipinski definition) is 1. The van der Waals surface area contributed by atoms with Gasteiger partial charge in [0.05, 0.1) is 12.0 Å². The van der Waals surface area contributed by atoms with Gasteiger partial charge in [-0.1, -0.05) is 18.7 Å². The SMILES string of the molecule is C=C(C)C(OC(=O)Nc1ccccc1[N+](=O)[O-])C(=O)OC. The molecule has 0 spiro atoms. The highest BCUT2D eigenvalue weighted by Gasteiger charge is 2.25. The van der Waals surface area contributed by atoms with Crippen LogP contribution in [0.1, 0.15) is 6.92 Å². The Balaban J connectivity index is 2.84. The summed E-state index contributed by atoms with van der Waals surface area (Å²) in [5.74, 6) is -0.791. The fraction of sp³-hybridized carbons (Fsp3) is 0.231. The highest BCUT2D eigenvalue weighted by molar-refractivity contribution is 5.90. The van der Waals surface area contributed by atoms with E-state index in [1.165, 1.54) is 31.2 Å². The lowest BCUT2D eigenvalue weighted by molar-refractivity contribution is -0.383. The van der Waals surface area contributed by atoms with E-state index in [1.807, 2.05) is 0 Å². The maximum atomic E-state index is 11.7. The number of hydrogen-bond acceptors (Lipinski definition) is 6. The van der Waals surface area contributed by atoms with Gasteiger partial charge in [0.15, 0.2) is 0 Å². The first kappa shape index (κ1) is 16.2. The van der Waals surface area contributed by atoms with E-state index < -0.39 is 23.1 Å². The van der Waals surface area contributed by atoms with Crippen molar-refractivity contribution in [3.63, 3.8) is 0 Å². The van der Waals surface area contributed by atoms with Crippen LogP contribution in [0.15, 0.2) is 36.4 Å². The lowest BCUT2D eigenvalue weighted by Gasteiger charge is -2.15. The van der Waals surface area contributed by atoms with Gasteiger partial charge in [0.1, 0.15) is 5.69 Å². The van der Waals surface area contributed by atoms with E-state index in [0.717, 1.165) is 7.11 Å². The largest absolute Gasteiger partial charge is 0.466 e. The van der Waals surface area contributed by atoms with Crippen molar-refractivity contribution in [2.24, 2.45) is 0 Å². The first-order valence-corrected chi connectivity index (χ1v) is 5.81. The molecule has 8 nitrogen and oxygen atoms in total. The zero-order chi connectivity index (χ0) is 16.0. The Kier molecular flexibility index (Phi) is 5.41. The van der Waals surface area contributed by atoms with Crippen LogP contribution in [0.2, 0.25) is 0 Å². The monoisotopic (exact) mass is 294 g/mol. The van der Waals surface area contributed by atoms with Gasteiger partial charge < -0.3 is 9.47 Å². The Morgan fingerprint density at radius 1 is 1.38 bits per heavy atom. The zero-order valence-electron chi connectivity index (χ0n) is 11.5. The molecule has 1 unspecified atom stereocenters. The van der Waals surface area contributed by atoms with Gasteiger partial charge in [-0.05, 0) is 18.6 Å². The van der Waals surface area contributed by atoms with Crippen LogP contribution < -0.4 is 5.32 Å². The lowest BCUT2D eigenvalue weighted by atomic mass is 10.2. The van der Waals surface area contributed by atoms with Gasteiger partial charge in [0.25, 0.3) is 5.69 Å². The fourth-order valence-corrected chi connectivity index (χ4v) is 1.44. The lowest BCUT2D eigenvalue weighted by Crippen LogP contribution is -2.31. The standard InChI is InChI=1S/C13H14N2O6/c1-8(2)11(12(16)20-3)21-13(17)14-9-6-4-5-7-10(9)15(18)19/h4-7,11H,1H2,2-3H3,(H,14,17). The number of esters is 1. The van der Waals surface area contributed by atoms with Gasteiger partial charge in [-0.3, -0.25) is 15.4 Å². The van der Waals surface area contributed by atoms with Gasteiger partial charge in [0, 0.05) is 6.07 Å². The van der Waals surface area contributed by atoms with Crippen LogP contribution in [0, 0.1) is 10.1 Å². The summed E-state index contributed by atoms with van der Waals surface area (Å²) in [5, 5.41) is 13.0. The van der Waals surface area contributed by atoms with E-state index in [2.05, 4.69) is 16.6 Å². The van der Waals surface area contributed by atoms with Crippen molar-refractivity contribution in [3.05, 3.63) is 46.5 Å². The van der Waals surface area contributed by atoms with E-state index in [0.29, 0.717) is 0 Å². The summed E-state index contributed by atoms with van der Waals surface area (Å²) < 4.78 is 9.33. The number of nitrogens with zero attached hydrogens (tertiary/aromatic N) is 1. The maximum Gasteiger partial charge on any atom is 0.413 e. The molecule has 1 amide bonds. The molecule has 8 heteroatoms. The van der Waals surface area contributed by atoms with Crippen molar-refractivity contribution in [1.82, 2.24) is 0 Å². The second kappa shape index (κ2) is 7.04. The summed E-state index contributed by atoms with van der Waals surface area (Å²) in [6, 6.07) is 5.54. The Labute approximate surface area is 120 Å². The number of methoxy groups -OCH3 is 1. The minimum Gasteiger partial charge on any atom is -0.466 e. The molecule has 1 aromatic carbocycles. The van der Waals surface area contributed by atoms with Gasteiger partial charge in [-0.2, -0.15) is 0 Å². The number of nitro groups is 1. The minimum atomic E-state index is -1.28. The highest BCUT2D eigenvalue weighted by atomic mass is 16.6. The number of nitro benzene ring substituents is 1. The van der Waals surface area contributed by atoms with Crippen molar-refractivity contribution in [2.75, 3.05) is 12.4 Å². The Hall–Kier alpha value is -2.90. The molecule has 0 bridgehead atoms. The second-order valence-corrected chi connectivity index (χ2v) is 4.05. The van der Waals surface area contributed by atoms with Crippen molar-refractivity contribution in [2.45, 2.75) is 13.0 Å². The predicted octanol–water partition coefficient (Wildman–Crippen LogP) is 2.26. The van der Waals surface area contributed by atoms with Crippen molar-refractivity contribution in [1.29, 1.82) is 0 Å². The quantitative estimate of drug-likeness (QED) is 0.386. The Bertz CT molecular complexity index is 584. The molecule has 0 fully saturated rings. The second-order valence-electron chi connectivity index (χ2n) is 4.05. The predicted molar refractivity (Wildman–Crippen MR) is 73.8 cm³/mol. The van der Waals surface area contributed by atoms with E-state index in [9.17, 15) is 19.7 Å². The molecule has 112 valence electrons. The molecule has 1 aromatic rings. The average molecular weight is 294 g/mol. The summed E-state index contributed by atoms with van der Waals surface area (Å²) in [5.41, 5.74) is -0.0724. The third kappa shape index (κ3) is 4.30. The number of para-hydroxylation sites is 2. The topological polar surface area (TPSA) is 108 Å². The number of rotatable bonds is 5. The van der Waals surface area contributed by atoms with Crippen molar-refractivity contribution >= 4 is 23.4 Å². The molecule has 1 rings (SSSR count). The van der Waals surface area contributed by atoms with Crippen LogP contribution in [0.25, 0.3) is 0 Å². The summed E-state index contributed by atoms with van der Waals surface area (Å²) in [4.78, 5) is 33.3. The summed E-state index contributed by atoms with van der Waals surface area (Å²) in [7, 11) is 1.14. The smallest absolute Gasteiger partial charge is 0.413 e. The summed E-state index contributed by atoms with van der Waals surface area (Å²) in [6.07, 6.45) is -2.31. The Morgan fingerprint density at radius 2 is 2.00 bits per heavy atom. The summed E-state index contributed by atoms with van der Waals surface area (Å²) >= 11 is 0. The van der Waals surface area contributed by atoms with E-state index >= 15 is 0 Å². The third-order valence-corrected chi connectivity index (χ3v) is 2.43. The third-order valence-electron chi connectivity index (χ3n) is 2.43. The molecule has 1 N–H and O–H groups in total. The van der Waals surface area contributed by atoms with Gasteiger partial charge in [-0.15, -0.1) is 0 Å². The molecule has 0 aliphatic rings. The number of amides is 1. The number of nitrogens with one attached hydrogen (secondary N) is 1. The number of anilines is 1. The fourth-order valence-electron chi connectivity index (χ4n) is 1.44. The minimum absolute atomic E-state index is 0.0437. The van der Waals surface area contributed by atoms with Gasteiger partial charge >= 0.3 is 12.1 Å². The van der Waals surface area contributed by atoms with Crippen LogP contribution >= 0.6 is 0 Å². The number of benzene rings is 1. The van der Waals surface area contributed by atoms with E-state index in [-0.39, 0.29) is 16.9 Å². The van der Waals surface area contributed by atoms with Gasteiger partial charge in [-0.25, -0.2) is 9.59 Å².